The maximum atomic E-state index is 11.5. The molecule has 0 bridgehead atoms. The molecule has 1 aromatic carbocycles. The van der Waals surface area contributed by atoms with Gasteiger partial charge in [0, 0.05) is 17.9 Å². The molecule has 0 radical (unpaired) electrons. The molecule has 3 nitrogen and oxygen atoms in total. The van der Waals surface area contributed by atoms with Crippen LogP contribution in [0.2, 0.25) is 0 Å². The van der Waals surface area contributed by atoms with Gasteiger partial charge in [0.15, 0.2) is 0 Å². The third-order valence-corrected chi connectivity index (χ3v) is 3.29. The molecule has 1 aromatic rings. The van der Waals surface area contributed by atoms with E-state index in [1.807, 2.05) is 25.1 Å². The minimum atomic E-state index is -0.179. The molecule has 1 aliphatic rings. The quantitative estimate of drug-likeness (QED) is 0.871. The molecule has 2 rings (SSSR count). The van der Waals surface area contributed by atoms with Crippen LogP contribution >= 0.6 is 0 Å². The first-order chi connectivity index (χ1) is 8.03. The lowest BCUT2D eigenvalue weighted by Gasteiger charge is -2.26. The van der Waals surface area contributed by atoms with Gasteiger partial charge in [-0.2, -0.15) is 0 Å². The van der Waals surface area contributed by atoms with Crippen LogP contribution in [-0.2, 0) is 4.79 Å². The average Bonchev–Trinajstić information content (AvgIpc) is 2.53. The molecule has 0 aromatic heterocycles. The van der Waals surface area contributed by atoms with E-state index in [0.29, 0.717) is 13.0 Å². The van der Waals surface area contributed by atoms with Crippen LogP contribution in [-0.4, -0.2) is 18.1 Å². The maximum Gasteiger partial charge on any atom is 0.221 e. The molecule has 3 heteroatoms. The predicted octanol–water partition coefficient (Wildman–Crippen LogP) is 2.47. The van der Waals surface area contributed by atoms with Crippen molar-refractivity contribution in [1.82, 2.24) is 5.32 Å². The summed E-state index contributed by atoms with van der Waals surface area (Å²) in [6, 6.07) is 8.04. The van der Waals surface area contributed by atoms with Crippen LogP contribution in [0.25, 0.3) is 0 Å². The van der Waals surface area contributed by atoms with Crippen molar-refractivity contribution in [3.63, 3.8) is 0 Å². The van der Waals surface area contributed by atoms with Gasteiger partial charge in [-0.05, 0) is 38.5 Å². The number of nitrogens with one attached hydrogen (secondary N) is 1. The largest absolute Gasteiger partial charge is 0.494 e. The Kier molecular flexibility index (Phi) is 3.09. The molecule has 1 unspecified atom stereocenters. The first kappa shape index (κ1) is 12.0. The Morgan fingerprint density at radius 1 is 1.47 bits per heavy atom. The highest BCUT2D eigenvalue weighted by atomic mass is 16.5. The molecule has 1 atom stereocenters. The molecule has 92 valence electrons. The van der Waals surface area contributed by atoms with Crippen molar-refractivity contribution >= 4 is 5.91 Å². The van der Waals surface area contributed by atoms with Crippen LogP contribution in [0.1, 0.15) is 38.7 Å². The Hall–Kier alpha value is -1.51. The van der Waals surface area contributed by atoms with E-state index < -0.39 is 0 Å². The standard InChI is InChI=1S/C14H19NO2/c1-4-17-11-7-5-6-10(8-11)12-9-13(16)15-14(12,2)3/h5-8,12H,4,9H2,1-3H3,(H,15,16). The normalized spacial score (nSPS) is 22.3. The van der Waals surface area contributed by atoms with Crippen molar-refractivity contribution in [1.29, 1.82) is 0 Å². The number of rotatable bonds is 3. The third-order valence-electron chi connectivity index (χ3n) is 3.29. The molecule has 1 fully saturated rings. The highest BCUT2D eigenvalue weighted by Gasteiger charge is 2.39. The smallest absolute Gasteiger partial charge is 0.221 e. The fourth-order valence-corrected chi connectivity index (χ4v) is 2.46. The fourth-order valence-electron chi connectivity index (χ4n) is 2.46. The second-order valence-electron chi connectivity index (χ2n) is 5.03. The summed E-state index contributed by atoms with van der Waals surface area (Å²) in [6.45, 7) is 6.76. The summed E-state index contributed by atoms with van der Waals surface area (Å²) in [7, 11) is 0. The highest BCUT2D eigenvalue weighted by molar-refractivity contribution is 5.81. The van der Waals surface area contributed by atoms with Crippen LogP contribution in [0, 0.1) is 0 Å². The zero-order valence-corrected chi connectivity index (χ0v) is 10.6. The summed E-state index contributed by atoms with van der Waals surface area (Å²) >= 11 is 0. The van der Waals surface area contributed by atoms with E-state index in [2.05, 4.69) is 25.2 Å². The van der Waals surface area contributed by atoms with Gasteiger partial charge < -0.3 is 10.1 Å². The molecular weight excluding hydrogens is 214 g/mol. The SMILES string of the molecule is CCOc1cccc(C2CC(=O)NC2(C)C)c1. The van der Waals surface area contributed by atoms with Gasteiger partial charge >= 0.3 is 0 Å². The Bertz CT molecular complexity index is 426. The number of carbonyl (C=O) groups excluding carboxylic acids is 1. The highest BCUT2D eigenvalue weighted by Crippen LogP contribution is 2.37. The van der Waals surface area contributed by atoms with Crippen LogP contribution < -0.4 is 10.1 Å². The first-order valence-electron chi connectivity index (χ1n) is 6.06. The topological polar surface area (TPSA) is 38.3 Å². The lowest BCUT2D eigenvalue weighted by molar-refractivity contribution is -0.119. The van der Waals surface area contributed by atoms with E-state index in [-0.39, 0.29) is 17.4 Å². The van der Waals surface area contributed by atoms with Crippen LogP contribution in [0.4, 0.5) is 0 Å². The number of amides is 1. The molecular formula is C14H19NO2. The molecule has 0 aliphatic carbocycles. The van der Waals surface area contributed by atoms with E-state index in [1.165, 1.54) is 5.56 Å². The van der Waals surface area contributed by atoms with Gasteiger partial charge in [-0.15, -0.1) is 0 Å². The summed E-state index contributed by atoms with van der Waals surface area (Å²) < 4.78 is 5.50. The minimum absolute atomic E-state index is 0.127. The zero-order chi connectivity index (χ0) is 12.5. The van der Waals surface area contributed by atoms with Gasteiger partial charge in [-0.3, -0.25) is 4.79 Å². The molecule has 0 saturated carbocycles. The number of hydrogen-bond acceptors (Lipinski definition) is 2. The predicted molar refractivity (Wildman–Crippen MR) is 67.2 cm³/mol. The monoisotopic (exact) mass is 233 g/mol. The van der Waals surface area contributed by atoms with Crippen molar-refractivity contribution in [2.45, 2.75) is 38.6 Å². The lowest BCUT2D eigenvalue weighted by atomic mass is 9.83. The van der Waals surface area contributed by atoms with Crippen molar-refractivity contribution in [2.75, 3.05) is 6.61 Å². The summed E-state index contributed by atoms with van der Waals surface area (Å²) in [5, 5.41) is 3.01. The van der Waals surface area contributed by atoms with Gasteiger partial charge in [0.25, 0.3) is 0 Å². The molecule has 17 heavy (non-hydrogen) atoms. The van der Waals surface area contributed by atoms with Gasteiger partial charge in [0.05, 0.1) is 6.61 Å². The first-order valence-corrected chi connectivity index (χ1v) is 6.06. The van der Waals surface area contributed by atoms with Gasteiger partial charge in [0.1, 0.15) is 5.75 Å². The average molecular weight is 233 g/mol. The van der Waals surface area contributed by atoms with Gasteiger partial charge in [-0.25, -0.2) is 0 Å². The van der Waals surface area contributed by atoms with Crippen molar-refractivity contribution in [3.05, 3.63) is 29.8 Å². The third kappa shape index (κ3) is 2.43. The Balaban J connectivity index is 2.27. The summed E-state index contributed by atoms with van der Waals surface area (Å²) in [5.74, 6) is 1.22. The van der Waals surface area contributed by atoms with E-state index in [0.717, 1.165) is 5.75 Å². The number of ether oxygens (including phenoxy) is 1. The Morgan fingerprint density at radius 2 is 2.24 bits per heavy atom. The van der Waals surface area contributed by atoms with Gasteiger partial charge in [0.2, 0.25) is 5.91 Å². The minimum Gasteiger partial charge on any atom is -0.494 e. The second kappa shape index (κ2) is 4.40. The van der Waals surface area contributed by atoms with E-state index in [9.17, 15) is 4.79 Å². The number of hydrogen-bond donors (Lipinski definition) is 1. The van der Waals surface area contributed by atoms with Gasteiger partial charge in [-0.1, -0.05) is 12.1 Å². The summed E-state index contributed by atoms with van der Waals surface area (Å²) in [5.41, 5.74) is 0.987. The lowest BCUT2D eigenvalue weighted by Crippen LogP contribution is -2.38. The molecule has 1 saturated heterocycles. The molecule has 0 spiro atoms. The van der Waals surface area contributed by atoms with Crippen LogP contribution in [0.5, 0.6) is 5.75 Å². The molecule has 1 N–H and O–H groups in total. The van der Waals surface area contributed by atoms with E-state index in [1.54, 1.807) is 0 Å². The number of benzene rings is 1. The van der Waals surface area contributed by atoms with Crippen molar-refractivity contribution < 1.29 is 9.53 Å². The van der Waals surface area contributed by atoms with Crippen molar-refractivity contribution in [3.8, 4) is 5.75 Å². The molecule has 1 amide bonds. The van der Waals surface area contributed by atoms with E-state index >= 15 is 0 Å². The Morgan fingerprint density at radius 3 is 2.82 bits per heavy atom. The van der Waals surface area contributed by atoms with Crippen molar-refractivity contribution in [2.24, 2.45) is 0 Å². The summed E-state index contributed by atoms with van der Waals surface area (Å²) in [4.78, 5) is 11.5. The zero-order valence-electron chi connectivity index (χ0n) is 10.6. The number of carbonyl (C=O) groups is 1. The van der Waals surface area contributed by atoms with Crippen LogP contribution in [0.3, 0.4) is 0 Å². The Labute approximate surface area is 102 Å². The summed E-state index contributed by atoms with van der Waals surface area (Å²) in [6.07, 6.45) is 0.558. The fraction of sp³-hybridized carbons (Fsp3) is 0.500. The maximum absolute atomic E-state index is 11.5. The second-order valence-corrected chi connectivity index (χ2v) is 5.03. The molecule has 1 heterocycles. The van der Waals surface area contributed by atoms with Crippen LogP contribution in [0.15, 0.2) is 24.3 Å². The molecule has 1 aliphatic heterocycles. The van der Waals surface area contributed by atoms with E-state index in [4.69, 9.17) is 4.74 Å².